The predicted octanol–water partition coefficient (Wildman–Crippen LogP) is 4.01. The van der Waals surface area contributed by atoms with Crippen LogP contribution in [0.25, 0.3) is 0 Å². The first-order valence-electron chi connectivity index (χ1n) is 5.35. The molecule has 6 heteroatoms. The number of carbonyl (C=O) groups is 1. The van der Waals surface area contributed by atoms with Crippen LogP contribution in [-0.4, -0.2) is 11.1 Å². The van der Waals surface area contributed by atoms with Crippen molar-refractivity contribution < 1.29 is 9.90 Å². The Labute approximate surface area is 118 Å². The third-order valence-corrected chi connectivity index (χ3v) is 4.85. The molecule has 0 aliphatic heterocycles. The van der Waals surface area contributed by atoms with Gasteiger partial charge in [0.25, 0.3) is 0 Å². The van der Waals surface area contributed by atoms with Crippen LogP contribution in [0.4, 0.5) is 0 Å². The summed E-state index contributed by atoms with van der Waals surface area (Å²) in [5.74, 6) is -0.879. The lowest BCUT2D eigenvalue weighted by Crippen LogP contribution is -2.16. The normalized spacial score (nSPS) is 12.6. The van der Waals surface area contributed by atoms with Crippen molar-refractivity contribution in [1.82, 2.24) is 5.32 Å². The topological polar surface area (TPSA) is 49.3 Å². The van der Waals surface area contributed by atoms with Crippen molar-refractivity contribution in [2.45, 2.75) is 19.5 Å². The molecule has 2 aromatic rings. The van der Waals surface area contributed by atoms with Crippen molar-refractivity contribution in [3.05, 3.63) is 43.2 Å². The molecule has 18 heavy (non-hydrogen) atoms. The van der Waals surface area contributed by atoms with Crippen LogP contribution in [-0.2, 0) is 6.54 Å². The number of carboxylic acid groups (broad SMARTS) is 1. The molecule has 96 valence electrons. The van der Waals surface area contributed by atoms with Crippen LogP contribution in [0.1, 0.15) is 33.1 Å². The van der Waals surface area contributed by atoms with Crippen LogP contribution < -0.4 is 5.32 Å². The SMILES string of the molecule is CC(NCc1cc(C(=O)O)cs1)c1ccc(Cl)s1. The minimum atomic E-state index is -0.879. The minimum absolute atomic E-state index is 0.206. The number of aromatic carboxylic acids is 1. The van der Waals surface area contributed by atoms with E-state index in [4.69, 9.17) is 16.7 Å². The lowest BCUT2D eigenvalue weighted by Gasteiger charge is -2.10. The number of hydrogen-bond acceptors (Lipinski definition) is 4. The maximum Gasteiger partial charge on any atom is 0.336 e. The first kappa shape index (κ1) is 13.5. The van der Waals surface area contributed by atoms with Gasteiger partial charge in [0.2, 0.25) is 0 Å². The van der Waals surface area contributed by atoms with Gasteiger partial charge in [-0.3, -0.25) is 0 Å². The van der Waals surface area contributed by atoms with Crippen molar-refractivity contribution >= 4 is 40.2 Å². The highest BCUT2D eigenvalue weighted by atomic mass is 35.5. The molecule has 0 spiro atoms. The highest BCUT2D eigenvalue weighted by molar-refractivity contribution is 7.16. The van der Waals surface area contributed by atoms with Gasteiger partial charge in [0.05, 0.1) is 9.90 Å². The van der Waals surface area contributed by atoms with Gasteiger partial charge in [0.15, 0.2) is 0 Å². The first-order valence-corrected chi connectivity index (χ1v) is 7.43. The van der Waals surface area contributed by atoms with E-state index in [1.54, 1.807) is 22.8 Å². The lowest BCUT2D eigenvalue weighted by molar-refractivity contribution is 0.0697. The number of carboxylic acids is 1. The van der Waals surface area contributed by atoms with Crippen molar-refractivity contribution in [2.75, 3.05) is 0 Å². The molecular weight excluding hydrogens is 290 g/mol. The van der Waals surface area contributed by atoms with Crippen molar-refractivity contribution in [3.8, 4) is 0 Å². The van der Waals surface area contributed by atoms with E-state index in [0.29, 0.717) is 12.1 Å². The third kappa shape index (κ3) is 3.32. The Balaban J connectivity index is 1.92. The Morgan fingerprint density at radius 2 is 2.33 bits per heavy atom. The molecule has 0 saturated carbocycles. The zero-order chi connectivity index (χ0) is 13.1. The van der Waals surface area contributed by atoms with E-state index >= 15 is 0 Å². The van der Waals surface area contributed by atoms with Gasteiger partial charge >= 0.3 is 5.97 Å². The number of nitrogens with one attached hydrogen (secondary N) is 1. The maximum absolute atomic E-state index is 10.7. The second kappa shape index (κ2) is 5.84. The molecule has 0 aromatic carbocycles. The van der Waals surface area contributed by atoms with E-state index in [9.17, 15) is 4.79 Å². The van der Waals surface area contributed by atoms with E-state index in [2.05, 4.69) is 12.2 Å². The molecule has 0 saturated heterocycles. The van der Waals surface area contributed by atoms with E-state index in [1.807, 2.05) is 12.1 Å². The summed E-state index contributed by atoms with van der Waals surface area (Å²) in [4.78, 5) is 12.9. The number of halogens is 1. The molecule has 0 aliphatic rings. The van der Waals surface area contributed by atoms with E-state index in [1.165, 1.54) is 16.2 Å². The lowest BCUT2D eigenvalue weighted by atomic mass is 10.2. The van der Waals surface area contributed by atoms with Crippen LogP contribution in [0.2, 0.25) is 4.34 Å². The fraction of sp³-hybridized carbons (Fsp3) is 0.250. The standard InChI is InChI=1S/C12H12ClNO2S2/c1-7(10-2-3-11(13)18-10)14-5-9-4-8(6-17-9)12(15)16/h2-4,6-7,14H,5H2,1H3,(H,15,16). The highest BCUT2D eigenvalue weighted by Gasteiger charge is 2.10. The van der Waals surface area contributed by atoms with Gasteiger partial charge in [-0.15, -0.1) is 22.7 Å². The summed E-state index contributed by atoms with van der Waals surface area (Å²) in [5, 5.41) is 13.8. The van der Waals surface area contributed by atoms with E-state index in [0.717, 1.165) is 9.21 Å². The van der Waals surface area contributed by atoms with Crippen LogP contribution in [0.5, 0.6) is 0 Å². The summed E-state index contributed by atoms with van der Waals surface area (Å²) < 4.78 is 0.780. The largest absolute Gasteiger partial charge is 0.478 e. The molecule has 2 aromatic heterocycles. The van der Waals surface area contributed by atoms with Crippen LogP contribution in [0.15, 0.2) is 23.6 Å². The minimum Gasteiger partial charge on any atom is -0.478 e. The molecule has 0 aliphatic carbocycles. The molecule has 0 bridgehead atoms. The second-order valence-corrected chi connectivity index (χ2v) is 6.59. The Hall–Kier alpha value is -0.880. The summed E-state index contributed by atoms with van der Waals surface area (Å²) in [6, 6.07) is 5.79. The smallest absolute Gasteiger partial charge is 0.336 e. The molecule has 0 radical (unpaired) electrons. The molecular formula is C12H12ClNO2S2. The van der Waals surface area contributed by atoms with Crippen LogP contribution >= 0.6 is 34.3 Å². The number of hydrogen-bond donors (Lipinski definition) is 2. The Morgan fingerprint density at radius 1 is 1.56 bits per heavy atom. The fourth-order valence-electron chi connectivity index (χ4n) is 1.50. The molecule has 0 amide bonds. The van der Waals surface area contributed by atoms with Crippen molar-refractivity contribution in [3.63, 3.8) is 0 Å². The highest BCUT2D eigenvalue weighted by Crippen LogP contribution is 2.27. The second-order valence-electron chi connectivity index (χ2n) is 3.85. The molecule has 1 atom stereocenters. The maximum atomic E-state index is 10.7. The summed E-state index contributed by atoms with van der Waals surface area (Å²) in [6.45, 7) is 2.72. The molecule has 2 rings (SSSR count). The predicted molar refractivity (Wildman–Crippen MR) is 75.9 cm³/mol. The van der Waals surface area contributed by atoms with Gasteiger partial charge in [0, 0.05) is 27.7 Å². The first-order chi connectivity index (χ1) is 8.56. The van der Waals surface area contributed by atoms with Gasteiger partial charge in [-0.1, -0.05) is 11.6 Å². The summed E-state index contributed by atoms with van der Waals surface area (Å²) in [5.41, 5.74) is 0.351. The summed E-state index contributed by atoms with van der Waals surface area (Å²) in [6.07, 6.45) is 0. The average Bonchev–Trinajstić information content (AvgIpc) is 2.94. The molecule has 2 N–H and O–H groups in total. The van der Waals surface area contributed by atoms with Gasteiger partial charge in [-0.25, -0.2) is 4.79 Å². The average molecular weight is 302 g/mol. The van der Waals surface area contributed by atoms with Gasteiger partial charge in [-0.05, 0) is 25.1 Å². The third-order valence-electron chi connectivity index (χ3n) is 2.50. The zero-order valence-corrected chi connectivity index (χ0v) is 12.0. The fourth-order valence-corrected chi connectivity index (χ4v) is 3.40. The Kier molecular flexibility index (Phi) is 4.40. The van der Waals surface area contributed by atoms with Crippen molar-refractivity contribution in [2.24, 2.45) is 0 Å². The van der Waals surface area contributed by atoms with E-state index < -0.39 is 5.97 Å². The van der Waals surface area contributed by atoms with E-state index in [-0.39, 0.29) is 6.04 Å². The van der Waals surface area contributed by atoms with Gasteiger partial charge < -0.3 is 10.4 Å². The Morgan fingerprint density at radius 3 is 2.89 bits per heavy atom. The molecule has 3 nitrogen and oxygen atoms in total. The Bertz CT molecular complexity index is 550. The van der Waals surface area contributed by atoms with Crippen LogP contribution in [0, 0.1) is 0 Å². The zero-order valence-electron chi connectivity index (χ0n) is 9.64. The molecule has 0 fully saturated rings. The quantitative estimate of drug-likeness (QED) is 0.877. The number of thiophene rings is 2. The molecule has 1 unspecified atom stereocenters. The van der Waals surface area contributed by atoms with Gasteiger partial charge in [0.1, 0.15) is 0 Å². The molecule has 2 heterocycles. The van der Waals surface area contributed by atoms with Crippen LogP contribution in [0.3, 0.4) is 0 Å². The number of rotatable bonds is 5. The monoisotopic (exact) mass is 301 g/mol. The van der Waals surface area contributed by atoms with Crippen molar-refractivity contribution in [1.29, 1.82) is 0 Å². The summed E-state index contributed by atoms with van der Waals surface area (Å²) >= 11 is 8.89. The summed E-state index contributed by atoms with van der Waals surface area (Å²) in [7, 11) is 0. The van der Waals surface area contributed by atoms with Gasteiger partial charge in [-0.2, -0.15) is 0 Å².